The maximum atomic E-state index is 13.3. The van der Waals surface area contributed by atoms with Crippen molar-refractivity contribution in [2.24, 2.45) is 23.5 Å². The van der Waals surface area contributed by atoms with Gasteiger partial charge in [0, 0.05) is 18.8 Å². The zero-order valence-electron chi connectivity index (χ0n) is 18.2. The van der Waals surface area contributed by atoms with E-state index in [1.807, 2.05) is 13.8 Å². The van der Waals surface area contributed by atoms with Gasteiger partial charge in [-0.15, -0.1) is 0 Å². The quantitative estimate of drug-likeness (QED) is 0.644. The summed E-state index contributed by atoms with van der Waals surface area (Å²) in [5, 5.41) is 0. The van der Waals surface area contributed by atoms with Crippen molar-refractivity contribution in [1.82, 2.24) is 4.90 Å². The largest absolute Gasteiger partial charge is 0.400 e. The van der Waals surface area contributed by atoms with E-state index in [0.717, 1.165) is 18.9 Å². The van der Waals surface area contributed by atoms with Gasteiger partial charge in [0.25, 0.3) is 0 Å². The Morgan fingerprint density at radius 3 is 2.21 bits per heavy atom. The van der Waals surface area contributed by atoms with Gasteiger partial charge in [-0.2, -0.15) is 0 Å². The average Bonchev–Trinajstić information content (AvgIpc) is 3.22. The Bertz CT molecular complexity index is 760. The Kier molecular flexibility index (Phi) is 7.15. The highest BCUT2D eigenvalue weighted by Crippen LogP contribution is 2.34. The van der Waals surface area contributed by atoms with Crippen LogP contribution in [0.1, 0.15) is 69.9 Å². The number of benzene rings is 1. The molecule has 2 N–H and O–H groups in total. The van der Waals surface area contributed by atoms with Crippen LogP contribution in [0.25, 0.3) is 0 Å². The summed E-state index contributed by atoms with van der Waals surface area (Å²) in [7, 11) is 0. The van der Waals surface area contributed by atoms with Crippen LogP contribution in [0.2, 0.25) is 0 Å². The molecular weight excluding hydrogens is 360 g/mol. The summed E-state index contributed by atoms with van der Waals surface area (Å²) in [6, 6.07) is 8.47. The summed E-state index contributed by atoms with van der Waals surface area (Å²) in [4.78, 5) is 28.3. The highest BCUT2D eigenvalue weighted by molar-refractivity contribution is 6.14. The molecule has 1 aromatic rings. The Balaban J connectivity index is 1.92. The smallest absolute Gasteiger partial charge is 0.191 e. The Hall–Kier alpha value is -2.10. The average molecular weight is 397 g/mol. The fraction of sp³-hybridized carbons (Fsp3) is 0.600. The summed E-state index contributed by atoms with van der Waals surface area (Å²) in [5.41, 5.74) is 9.99. The van der Waals surface area contributed by atoms with Crippen LogP contribution in [0.4, 0.5) is 0 Å². The third-order valence-corrected chi connectivity index (χ3v) is 6.79. The van der Waals surface area contributed by atoms with Crippen LogP contribution in [0.3, 0.4) is 0 Å². The van der Waals surface area contributed by atoms with Crippen molar-refractivity contribution in [2.45, 2.75) is 72.3 Å². The van der Waals surface area contributed by atoms with Crippen molar-refractivity contribution in [3.05, 3.63) is 46.8 Å². The Labute approximate surface area is 175 Å². The molecule has 1 saturated carbocycles. The number of hydrogen-bond acceptors (Lipinski definition) is 4. The van der Waals surface area contributed by atoms with Gasteiger partial charge in [-0.05, 0) is 37.7 Å². The Morgan fingerprint density at radius 1 is 1.00 bits per heavy atom. The number of ketones is 2. The number of hydrogen-bond donors (Lipinski definition) is 1. The van der Waals surface area contributed by atoms with E-state index in [4.69, 9.17) is 5.73 Å². The minimum absolute atomic E-state index is 0.00679. The van der Waals surface area contributed by atoms with E-state index in [0.29, 0.717) is 30.8 Å². The third kappa shape index (κ3) is 4.73. The molecule has 0 saturated heterocycles. The molecule has 29 heavy (non-hydrogen) atoms. The van der Waals surface area contributed by atoms with Crippen LogP contribution in [-0.2, 0) is 16.1 Å². The number of carbonyl (C=O) groups excluding carboxylic acids is 2. The molecule has 0 aromatic heterocycles. The number of carbonyl (C=O) groups is 2. The fourth-order valence-electron chi connectivity index (χ4n) is 4.96. The van der Waals surface area contributed by atoms with Crippen LogP contribution in [0.5, 0.6) is 0 Å². The van der Waals surface area contributed by atoms with E-state index < -0.39 is 5.92 Å². The molecule has 158 valence electrons. The van der Waals surface area contributed by atoms with E-state index in [1.165, 1.54) is 36.8 Å². The van der Waals surface area contributed by atoms with Gasteiger partial charge < -0.3 is 10.6 Å². The fourth-order valence-corrected chi connectivity index (χ4v) is 4.96. The minimum atomic E-state index is -0.547. The summed E-state index contributed by atoms with van der Waals surface area (Å²) in [6.45, 7) is 7.47. The number of Topliss-reactive ketones (excluding diaryl/α,β-unsaturated/α-hetero) is 2. The van der Waals surface area contributed by atoms with Crippen molar-refractivity contribution < 1.29 is 9.59 Å². The molecule has 4 nitrogen and oxygen atoms in total. The number of aryl methyl sites for hydroxylation is 1. The first-order valence-corrected chi connectivity index (χ1v) is 11.3. The zero-order valence-corrected chi connectivity index (χ0v) is 18.2. The summed E-state index contributed by atoms with van der Waals surface area (Å²) in [5.74, 6) is -0.207. The molecule has 1 aromatic carbocycles. The summed E-state index contributed by atoms with van der Waals surface area (Å²) < 4.78 is 0. The maximum absolute atomic E-state index is 13.3. The van der Waals surface area contributed by atoms with Crippen LogP contribution in [0.15, 0.2) is 35.7 Å². The molecule has 2 atom stereocenters. The zero-order chi connectivity index (χ0) is 21.0. The van der Waals surface area contributed by atoms with Crippen molar-refractivity contribution in [2.75, 3.05) is 6.54 Å². The lowest BCUT2D eigenvalue weighted by Crippen LogP contribution is -2.45. The van der Waals surface area contributed by atoms with Crippen LogP contribution >= 0.6 is 0 Å². The first kappa shape index (κ1) is 21.6. The molecule has 0 spiro atoms. The van der Waals surface area contributed by atoms with E-state index >= 15 is 0 Å². The number of allylic oxidation sites excluding steroid dienone is 2. The van der Waals surface area contributed by atoms with Crippen LogP contribution in [-0.4, -0.2) is 23.0 Å². The predicted molar refractivity (Wildman–Crippen MR) is 117 cm³/mol. The molecule has 1 fully saturated rings. The lowest BCUT2D eigenvalue weighted by Gasteiger charge is -2.36. The highest BCUT2D eigenvalue weighted by Gasteiger charge is 2.42. The van der Waals surface area contributed by atoms with Gasteiger partial charge in [-0.1, -0.05) is 69.4 Å². The third-order valence-electron chi connectivity index (χ3n) is 6.79. The summed E-state index contributed by atoms with van der Waals surface area (Å²) in [6.07, 6.45) is 7.48. The predicted octanol–water partition coefficient (Wildman–Crippen LogP) is 4.75. The van der Waals surface area contributed by atoms with Crippen molar-refractivity contribution in [3.63, 3.8) is 0 Å². The molecule has 3 rings (SSSR count). The standard InChI is InChI=1S/C25H36N2O2/c1-4-20-22(26)23(25(29)21(5-2)24(20)28)27(15-14-18-8-6-7-9-18)16-19-12-10-17(3)11-13-19/h10-13,18,20-21H,4-9,14-16,26H2,1-3H3. The normalized spacial score (nSPS) is 23.1. The van der Waals surface area contributed by atoms with Crippen molar-refractivity contribution >= 4 is 11.6 Å². The second-order valence-corrected chi connectivity index (χ2v) is 8.84. The molecule has 0 aliphatic heterocycles. The molecule has 2 aliphatic rings. The van der Waals surface area contributed by atoms with Gasteiger partial charge in [0.15, 0.2) is 11.6 Å². The molecular formula is C25H36N2O2. The first-order valence-electron chi connectivity index (χ1n) is 11.3. The summed E-state index contributed by atoms with van der Waals surface area (Å²) >= 11 is 0. The monoisotopic (exact) mass is 396 g/mol. The second kappa shape index (κ2) is 9.60. The minimum Gasteiger partial charge on any atom is -0.400 e. The maximum Gasteiger partial charge on any atom is 0.191 e. The SMILES string of the molecule is CCC1C(=O)C(N(CCC2CCCC2)Cc2ccc(C)cc2)=C(N)C(CC)C1=O. The van der Waals surface area contributed by atoms with Gasteiger partial charge in [0.05, 0.1) is 11.8 Å². The molecule has 4 heteroatoms. The van der Waals surface area contributed by atoms with E-state index in [9.17, 15) is 9.59 Å². The van der Waals surface area contributed by atoms with Crippen molar-refractivity contribution in [3.8, 4) is 0 Å². The van der Waals surface area contributed by atoms with Gasteiger partial charge in [0.2, 0.25) is 0 Å². The number of nitrogens with zero attached hydrogens (tertiary/aromatic N) is 1. The molecule has 2 aliphatic carbocycles. The topological polar surface area (TPSA) is 63.4 Å². The van der Waals surface area contributed by atoms with E-state index in [1.54, 1.807) is 0 Å². The molecule has 0 amide bonds. The van der Waals surface area contributed by atoms with Gasteiger partial charge in [-0.3, -0.25) is 9.59 Å². The van der Waals surface area contributed by atoms with Gasteiger partial charge in [-0.25, -0.2) is 0 Å². The lowest BCUT2D eigenvalue weighted by molar-refractivity contribution is -0.135. The molecule has 0 radical (unpaired) electrons. The van der Waals surface area contributed by atoms with E-state index in [-0.39, 0.29) is 17.5 Å². The first-order chi connectivity index (χ1) is 14.0. The van der Waals surface area contributed by atoms with Crippen LogP contribution < -0.4 is 5.73 Å². The van der Waals surface area contributed by atoms with Gasteiger partial charge in [0.1, 0.15) is 5.70 Å². The van der Waals surface area contributed by atoms with E-state index in [2.05, 4.69) is 36.1 Å². The van der Waals surface area contributed by atoms with Crippen molar-refractivity contribution in [1.29, 1.82) is 0 Å². The van der Waals surface area contributed by atoms with Crippen LogP contribution in [0, 0.1) is 24.7 Å². The number of rotatable bonds is 8. The Morgan fingerprint density at radius 2 is 1.62 bits per heavy atom. The highest BCUT2D eigenvalue weighted by atomic mass is 16.2. The second-order valence-electron chi connectivity index (χ2n) is 8.84. The number of nitrogens with two attached hydrogens (primary N) is 1. The molecule has 0 bridgehead atoms. The molecule has 2 unspecified atom stereocenters. The molecule has 0 heterocycles. The van der Waals surface area contributed by atoms with Gasteiger partial charge >= 0.3 is 0 Å². The lowest BCUT2D eigenvalue weighted by atomic mass is 9.77.